The molecular formula is C34H68N2O2. The zero-order valence-corrected chi connectivity index (χ0v) is 25.8. The van der Waals surface area contributed by atoms with Crippen molar-refractivity contribution in [2.45, 2.75) is 200 Å². The number of carbonyl (C=O) groups is 2. The molecule has 0 saturated carbocycles. The van der Waals surface area contributed by atoms with Crippen molar-refractivity contribution in [2.75, 3.05) is 6.54 Å². The molecule has 0 aromatic rings. The number of primary amides is 1. The molecule has 0 atom stereocenters. The molecule has 0 radical (unpaired) electrons. The van der Waals surface area contributed by atoms with Gasteiger partial charge in [0.1, 0.15) is 0 Å². The van der Waals surface area contributed by atoms with Crippen LogP contribution in [0.4, 0.5) is 0 Å². The molecule has 0 fully saturated rings. The lowest BCUT2D eigenvalue weighted by atomic mass is 10.0. The SMILES string of the molecule is CCCCCCCCCCCCCCCC(=O)NCCCCCCCCCCCCCCCCCC(N)=O. The number of hydrogen-bond acceptors (Lipinski definition) is 2. The normalized spacial score (nSPS) is 11.2. The summed E-state index contributed by atoms with van der Waals surface area (Å²) in [6.07, 6.45) is 38.1. The van der Waals surface area contributed by atoms with Crippen molar-refractivity contribution < 1.29 is 9.59 Å². The van der Waals surface area contributed by atoms with E-state index in [4.69, 9.17) is 5.73 Å². The minimum atomic E-state index is -0.163. The lowest BCUT2D eigenvalue weighted by molar-refractivity contribution is -0.121. The maximum Gasteiger partial charge on any atom is 0.219 e. The Morgan fingerprint density at radius 1 is 0.421 bits per heavy atom. The standard InChI is InChI=1S/C34H68N2O2/c1-2-3-4-5-6-7-8-12-16-19-22-25-28-31-34(38)36-32-29-26-23-20-17-14-11-9-10-13-15-18-21-24-27-30-33(35)37/h2-32H2,1H3,(H2,35,37)(H,36,38). The summed E-state index contributed by atoms with van der Waals surface area (Å²) in [5.41, 5.74) is 5.16. The van der Waals surface area contributed by atoms with E-state index in [0.29, 0.717) is 12.8 Å². The third-order valence-electron chi connectivity index (χ3n) is 7.93. The predicted octanol–water partition coefficient (Wildman–Crippen LogP) is 10.3. The number of carbonyl (C=O) groups excluding carboxylic acids is 2. The molecule has 0 unspecified atom stereocenters. The third kappa shape index (κ3) is 33.0. The van der Waals surface area contributed by atoms with Crippen LogP contribution >= 0.6 is 0 Å². The highest BCUT2D eigenvalue weighted by molar-refractivity contribution is 5.75. The second kappa shape index (κ2) is 32.2. The molecule has 3 N–H and O–H groups in total. The highest BCUT2D eigenvalue weighted by Crippen LogP contribution is 2.14. The van der Waals surface area contributed by atoms with E-state index < -0.39 is 0 Å². The zero-order valence-electron chi connectivity index (χ0n) is 25.8. The van der Waals surface area contributed by atoms with Gasteiger partial charge in [0.25, 0.3) is 0 Å². The van der Waals surface area contributed by atoms with Gasteiger partial charge in [-0.2, -0.15) is 0 Å². The molecule has 0 aromatic carbocycles. The Labute approximate surface area is 238 Å². The predicted molar refractivity (Wildman–Crippen MR) is 166 cm³/mol. The Kier molecular flexibility index (Phi) is 31.3. The van der Waals surface area contributed by atoms with Gasteiger partial charge >= 0.3 is 0 Å². The highest BCUT2D eigenvalue weighted by Gasteiger charge is 2.01. The van der Waals surface area contributed by atoms with E-state index in [1.807, 2.05) is 0 Å². The van der Waals surface area contributed by atoms with Crippen LogP contribution in [0.25, 0.3) is 0 Å². The molecule has 0 aliphatic rings. The summed E-state index contributed by atoms with van der Waals surface area (Å²) >= 11 is 0. The Morgan fingerprint density at radius 3 is 1.05 bits per heavy atom. The summed E-state index contributed by atoms with van der Waals surface area (Å²) in [5.74, 6) is 0.0974. The van der Waals surface area contributed by atoms with Gasteiger partial charge in [0, 0.05) is 19.4 Å². The van der Waals surface area contributed by atoms with Gasteiger partial charge in [-0.1, -0.05) is 167 Å². The van der Waals surface area contributed by atoms with E-state index in [0.717, 1.165) is 32.2 Å². The van der Waals surface area contributed by atoms with Crippen LogP contribution in [0.5, 0.6) is 0 Å². The number of amides is 2. The van der Waals surface area contributed by atoms with Gasteiger partial charge in [0.15, 0.2) is 0 Å². The first-order valence-electron chi connectivity index (χ1n) is 17.2. The number of unbranched alkanes of at least 4 members (excludes halogenated alkanes) is 26. The van der Waals surface area contributed by atoms with E-state index in [2.05, 4.69) is 12.2 Å². The number of nitrogens with two attached hydrogens (primary N) is 1. The van der Waals surface area contributed by atoms with Crippen LogP contribution in [-0.4, -0.2) is 18.4 Å². The molecule has 0 heterocycles. The van der Waals surface area contributed by atoms with Gasteiger partial charge in [0.05, 0.1) is 0 Å². The summed E-state index contributed by atoms with van der Waals surface area (Å²) in [5, 5.41) is 3.12. The minimum absolute atomic E-state index is 0.163. The third-order valence-corrected chi connectivity index (χ3v) is 7.93. The fourth-order valence-corrected chi connectivity index (χ4v) is 5.34. The van der Waals surface area contributed by atoms with Crippen molar-refractivity contribution in [1.82, 2.24) is 5.32 Å². The molecule has 2 amide bonds. The van der Waals surface area contributed by atoms with E-state index >= 15 is 0 Å². The Hall–Kier alpha value is -1.06. The van der Waals surface area contributed by atoms with Gasteiger partial charge in [0.2, 0.25) is 11.8 Å². The summed E-state index contributed by atoms with van der Waals surface area (Å²) in [4.78, 5) is 22.7. The summed E-state index contributed by atoms with van der Waals surface area (Å²) in [7, 11) is 0. The van der Waals surface area contributed by atoms with Crippen molar-refractivity contribution in [1.29, 1.82) is 0 Å². The molecule has 226 valence electrons. The van der Waals surface area contributed by atoms with Gasteiger partial charge in [-0.25, -0.2) is 0 Å². The smallest absolute Gasteiger partial charge is 0.219 e. The fourth-order valence-electron chi connectivity index (χ4n) is 5.34. The van der Waals surface area contributed by atoms with E-state index in [9.17, 15) is 9.59 Å². The molecule has 0 saturated heterocycles. The first-order chi connectivity index (χ1) is 18.7. The van der Waals surface area contributed by atoms with E-state index in [-0.39, 0.29) is 11.8 Å². The fraction of sp³-hybridized carbons (Fsp3) is 0.941. The van der Waals surface area contributed by atoms with Gasteiger partial charge < -0.3 is 11.1 Å². The van der Waals surface area contributed by atoms with Gasteiger partial charge in [-0.05, 0) is 19.3 Å². The van der Waals surface area contributed by atoms with E-state index in [1.165, 1.54) is 154 Å². The van der Waals surface area contributed by atoms with Crippen LogP contribution in [-0.2, 0) is 9.59 Å². The van der Waals surface area contributed by atoms with Crippen molar-refractivity contribution in [2.24, 2.45) is 5.73 Å². The molecule has 0 aromatic heterocycles. The van der Waals surface area contributed by atoms with Crippen LogP contribution < -0.4 is 11.1 Å². The molecule has 4 heteroatoms. The monoisotopic (exact) mass is 537 g/mol. The quantitative estimate of drug-likeness (QED) is 0.0839. The Morgan fingerprint density at radius 2 is 0.711 bits per heavy atom. The van der Waals surface area contributed by atoms with E-state index in [1.54, 1.807) is 0 Å². The van der Waals surface area contributed by atoms with Crippen LogP contribution in [0, 0.1) is 0 Å². The number of nitrogens with one attached hydrogen (secondary N) is 1. The molecule has 38 heavy (non-hydrogen) atoms. The molecule has 4 nitrogen and oxygen atoms in total. The molecule has 0 rings (SSSR count). The maximum atomic E-state index is 12.0. The van der Waals surface area contributed by atoms with Crippen molar-refractivity contribution in [3.63, 3.8) is 0 Å². The van der Waals surface area contributed by atoms with Gasteiger partial charge in [-0.3, -0.25) is 9.59 Å². The molecule has 0 aliphatic carbocycles. The van der Waals surface area contributed by atoms with Crippen LogP contribution in [0.15, 0.2) is 0 Å². The highest BCUT2D eigenvalue weighted by atomic mass is 16.1. The van der Waals surface area contributed by atoms with Crippen LogP contribution in [0.3, 0.4) is 0 Å². The minimum Gasteiger partial charge on any atom is -0.370 e. The van der Waals surface area contributed by atoms with Crippen molar-refractivity contribution in [3.05, 3.63) is 0 Å². The lowest BCUT2D eigenvalue weighted by Crippen LogP contribution is -2.23. The lowest BCUT2D eigenvalue weighted by Gasteiger charge is -2.06. The van der Waals surface area contributed by atoms with Crippen LogP contribution in [0.1, 0.15) is 200 Å². The average molecular weight is 537 g/mol. The topological polar surface area (TPSA) is 72.2 Å². The number of rotatable bonds is 32. The van der Waals surface area contributed by atoms with Crippen molar-refractivity contribution in [3.8, 4) is 0 Å². The molecule has 0 aliphatic heterocycles. The average Bonchev–Trinajstić information content (AvgIpc) is 2.90. The second-order valence-corrected chi connectivity index (χ2v) is 11.9. The largest absolute Gasteiger partial charge is 0.370 e. The maximum absolute atomic E-state index is 12.0. The zero-order chi connectivity index (χ0) is 27.8. The van der Waals surface area contributed by atoms with Crippen molar-refractivity contribution >= 4 is 11.8 Å². The molecule has 0 spiro atoms. The van der Waals surface area contributed by atoms with Crippen LogP contribution in [0.2, 0.25) is 0 Å². The molecule has 0 bridgehead atoms. The first-order valence-corrected chi connectivity index (χ1v) is 17.2. The number of hydrogen-bond donors (Lipinski definition) is 2. The summed E-state index contributed by atoms with van der Waals surface area (Å²) < 4.78 is 0. The first kappa shape index (κ1) is 36.9. The second-order valence-electron chi connectivity index (χ2n) is 11.9. The Bertz CT molecular complexity index is 495. The Balaban J connectivity index is 3.15. The summed E-state index contributed by atoms with van der Waals surface area (Å²) in [6, 6.07) is 0. The molecular weight excluding hydrogens is 468 g/mol. The van der Waals surface area contributed by atoms with Gasteiger partial charge in [-0.15, -0.1) is 0 Å². The summed E-state index contributed by atoms with van der Waals surface area (Å²) in [6.45, 7) is 3.14.